The van der Waals surface area contributed by atoms with E-state index in [0.717, 1.165) is 39.0 Å². The van der Waals surface area contributed by atoms with E-state index >= 15 is 0 Å². The third-order valence-corrected chi connectivity index (χ3v) is 1.87. The maximum absolute atomic E-state index is 8.44. The number of nitrogens with zero attached hydrogens (tertiary/aromatic N) is 2. The van der Waals surface area contributed by atoms with E-state index in [1.807, 2.05) is 6.08 Å². The summed E-state index contributed by atoms with van der Waals surface area (Å²) in [6, 6.07) is 2.15. The molecule has 0 fully saturated rings. The average Bonchev–Trinajstić information content (AvgIpc) is 2.17. The fourth-order valence-corrected chi connectivity index (χ4v) is 1.13. The summed E-state index contributed by atoms with van der Waals surface area (Å²) in [6.07, 6.45) is 4.49. The van der Waals surface area contributed by atoms with E-state index in [-0.39, 0.29) is 0 Å². The number of nitriles is 1. The van der Waals surface area contributed by atoms with Gasteiger partial charge in [-0.1, -0.05) is 6.08 Å². The van der Waals surface area contributed by atoms with Crippen molar-refractivity contribution < 1.29 is 0 Å². The Labute approximate surface area is 80.8 Å². The first-order chi connectivity index (χ1) is 6.35. The van der Waals surface area contributed by atoms with Crippen LogP contribution >= 0.6 is 0 Å². The van der Waals surface area contributed by atoms with Gasteiger partial charge in [0.15, 0.2) is 0 Å². The van der Waals surface area contributed by atoms with Crippen LogP contribution in [0.1, 0.15) is 19.3 Å². The fraction of sp³-hybridized carbons (Fsp3) is 0.700. The van der Waals surface area contributed by atoms with Crippen molar-refractivity contribution in [1.29, 1.82) is 5.26 Å². The predicted octanol–water partition coefficient (Wildman–Crippen LogP) is 1.13. The van der Waals surface area contributed by atoms with Crippen molar-refractivity contribution in [2.24, 2.45) is 5.73 Å². The summed E-state index contributed by atoms with van der Waals surface area (Å²) in [7, 11) is 0. The molecule has 0 amide bonds. The minimum atomic E-state index is 0.599. The molecule has 0 heterocycles. The maximum atomic E-state index is 8.44. The zero-order chi connectivity index (χ0) is 9.94. The lowest BCUT2D eigenvalue weighted by atomic mass is 10.3. The molecule has 0 aliphatic heterocycles. The van der Waals surface area contributed by atoms with Crippen LogP contribution in [0.5, 0.6) is 0 Å². The van der Waals surface area contributed by atoms with Crippen molar-refractivity contribution in [1.82, 2.24) is 4.90 Å². The van der Waals surface area contributed by atoms with Crippen LogP contribution in [0.15, 0.2) is 12.7 Å². The Morgan fingerprint density at radius 3 is 2.69 bits per heavy atom. The molecular weight excluding hydrogens is 162 g/mol. The molecule has 3 heteroatoms. The van der Waals surface area contributed by atoms with Gasteiger partial charge in [-0.3, -0.25) is 0 Å². The molecule has 74 valence electrons. The highest BCUT2D eigenvalue weighted by molar-refractivity contribution is 4.75. The van der Waals surface area contributed by atoms with Crippen LogP contribution in [0.2, 0.25) is 0 Å². The van der Waals surface area contributed by atoms with Crippen LogP contribution in [-0.4, -0.2) is 31.1 Å². The lowest BCUT2D eigenvalue weighted by Gasteiger charge is -2.19. The third kappa shape index (κ3) is 7.51. The first-order valence-electron chi connectivity index (χ1n) is 4.75. The van der Waals surface area contributed by atoms with Crippen molar-refractivity contribution in [2.45, 2.75) is 19.3 Å². The van der Waals surface area contributed by atoms with Gasteiger partial charge in [0.2, 0.25) is 0 Å². The van der Waals surface area contributed by atoms with Gasteiger partial charge in [0.05, 0.1) is 6.07 Å². The molecule has 0 atom stereocenters. The maximum Gasteiger partial charge on any atom is 0.0635 e. The number of hydrogen-bond donors (Lipinski definition) is 1. The summed E-state index contributed by atoms with van der Waals surface area (Å²) < 4.78 is 0. The highest BCUT2D eigenvalue weighted by Gasteiger charge is 2.01. The average molecular weight is 181 g/mol. The molecule has 0 unspecified atom stereocenters. The Balaban J connectivity index is 3.60. The minimum absolute atomic E-state index is 0.599. The lowest BCUT2D eigenvalue weighted by molar-refractivity contribution is 0.283. The molecule has 0 aliphatic rings. The Kier molecular flexibility index (Phi) is 8.64. The highest BCUT2D eigenvalue weighted by Crippen LogP contribution is 1.95. The van der Waals surface area contributed by atoms with Gasteiger partial charge >= 0.3 is 0 Å². The van der Waals surface area contributed by atoms with Crippen molar-refractivity contribution in [3.8, 4) is 6.07 Å². The normalized spacial score (nSPS) is 9.92. The van der Waals surface area contributed by atoms with E-state index in [4.69, 9.17) is 11.0 Å². The van der Waals surface area contributed by atoms with E-state index in [1.165, 1.54) is 0 Å². The molecule has 2 N–H and O–H groups in total. The molecule has 0 aliphatic carbocycles. The predicted molar refractivity (Wildman–Crippen MR) is 55.2 cm³/mol. The molecule has 0 saturated heterocycles. The standard InChI is InChI=1S/C10H19N3/c1-2-3-8-13(9-4-6-11)10-5-7-12/h2H,1,3-6,8-11H2. The molecular formula is C10H19N3. The molecule has 0 bridgehead atoms. The Bertz CT molecular complexity index is 160. The van der Waals surface area contributed by atoms with Gasteiger partial charge in [0, 0.05) is 19.5 Å². The fourth-order valence-electron chi connectivity index (χ4n) is 1.13. The SMILES string of the molecule is C=CCCN(CCC#N)CCCN. The second-order valence-corrected chi connectivity index (χ2v) is 2.97. The van der Waals surface area contributed by atoms with Crippen LogP contribution in [-0.2, 0) is 0 Å². The van der Waals surface area contributed by atoms with Crippen molar-refractivity contribution in [3.63, 3.8) is 0 Å². The van der Waals surface area contributed by atoms with Gasteiger partial charge < -0.3 is 10.6 Å². The zero-order valence-corrected chi connectivity index (χ0v) is 8.21. The van der Waals surface area contributed by atoms with Gasteiger partial charge in [-0.15, -0.1) is 6.58 Å². The van der Waals surface area contributed by atoms with E-state index in [9.17, 15) is 0 Å². The van der Waals surface area contributed by atoms with E-state index in [1.54, 1.807) is 0 Å². The van der Waals surface area contributed by atoms with Crippen LogP contribution in [0.3, 0.4) is 0 Å². The molecule has 0 saturated carbocycles. The van der Waals surface area contributed by atoms with Gasteiger partial charge in [-0.25, -0.2) is 0 Å². The summed E-state index contributed by atoms with van der Waals surface area (Å²) in [5.74, 6) is 0. The molecule has 0 aromatic rings. The third-order valence-electron chi connectivity index (χ3n) is 1.87. The van der Waals surface area contributed by atoms with Gasteiger partial charge in [0.25, 0.3) is 0 Å². The van der Waals surface area contributed by atoms with Gasteiger partial charge in [-0.2, -0.15) is 5.26 Å². The van der Waals surface area contributed by atoms with Crippen LogP contribution < -0.4 is 5.73 Å². The summed E-state index contributed by atoms with van der Waals surface area (Å²) in [5, 5.41) is 8.44. The van der Waals surface area contributed by atoms with E-state index < -0.39 is 0 Å². The minimum Gasteiger partial charge on any atom is -0.330 e. The molecule has 0 aromatic heterocycles. The summed E-state index contributed by atoms with van der Waals surface area (Å²) >= 11 is 0. The van der Waals surface area contributed by atoms with E-state index in [0.29, 0.717) is 6.42 Å². The molecule has 0 aromatic carbocycles. The van der Waals surface area contributed by atoms with Crippen molar-refractivity contribution >= 4 is 0 Å². The second-order valence-electron chi connectivity index (χ2n) is 2.97. The molecule has 0 spiro atoms. The van der Waals surface area contributed by atoms with Crippen molar-refractivity contribution in [2.75, 3.05) is 26.2 Å². The molecule has 0 radical (unpaired) electrons. The summed E-state index contributed by atoms with van der Waals surface area (Å²) in [6.45, 7) is 7.23. The lowest BCUT2D eigenvalue weighted by Crippen LogP contribution is -2.28. The summed E-state index contributed by atoms with van der Waals surface area (Å²) in [5.41, 5.74) is 5.42. The molecule has 3 nitrogen and oxygen atoms in total. The topological polar surface area (TPSA) is 53.0 Å². The van der Waals surface area contributed by atoms with Crippen LogP contribution in [0.4, 0.5) is 0 Å². The Morgan fingerprint density at radius 1 is 1.38 bits per heavy atom. The zero-order valence-electron chi connectivity index (χ0n) is 8.21. The number of nitrogens with two attached hydrogens (primary N) is 1. The number of rotatable bonds is 8. The molecule has 13 heavy (non-hydrogen) atoms. The van der Waals surface area contributed by atoms with Crippen molar-refractivity contribution in [3.05, 3.63) is 12.7 Å². The largest absolute Gasteiger partial charge is 0.330 e. The smallest absolute Gasteiger partial charge is 0.0635 e. The Hall–Kier alpha value is -0.850. The highest BCUT2D eigenvalue weighted by atomic mass is 15.1. The molecule has 0 rings (SSSR count). The van der Waals surface area contributed by atoms with Crippen LogP contribution in [0, 0.1) is 11.3 Å². The summed E-state index contributed by atoms with van der Waals surface area (Å²) in [4.78, 5) is 2.26. The van der Waals surface area contributed by atoms with Gasteiger partial charge in [0.1, 0.15) is 0 Å². The van der Waals surface area contributed by atoms with Crippen LogP contribution in [0.25, 0.3) is 0 Å². The first-order valence-corrected chi connectivity index (χ1v) is 4.75. The second kappa shape index (κ2) is 9.24. The number of hydrogen-bond acceptors (Lipinski definition) is 3. The van der Waals surface area contributed by atoms with E-state index in [2.05, 4.69) is 17.5 Å². The van der Waals surface area contributed by atoms with Gasteiger partial charge in [-0.05, 0) is 25.9 Å². The Morgan fingerprint density at radius 2 is 2.15 bits per heavy atom. The monoisotopic (exact) mass is 181 g/mol. The quantitative estimate of drug-likeness (QED) is 0.571. The first kappa shape index (κ1) is 12.2.